The summed E-state index contributed by atoms with van der Waals surface area (Å²) in [7, 11) is 0. The molecule has 0 fully saturated rings. The molecule has 0 spiro atoms. The lowest BCUT2D eigenvalue weighted by molar-refractivity contribution is 0.487. The van der Waals surface area contributed by atoms with Crippen molar-refractivity contribution in [1.82, 2.24) is 9.97 Å². The smallest absolute Gasteiger partial charge is 0.263 e. The number of anilines is 1. The summed E-state index contributed by atoms with van der Waals surface area (Å²) in [5.74, 6) is 3.18. The predicted octanol–water partition coefficient (Wildman–Crippen LogP) is 2.94. The van der Waals surface area contributed by atoms with Gasteiger partial charge in [0.2, 0.25) is 0 Å². The number of rotatable bonds is 3. The van der Waals surface area contributed by atoms with Gasteiger partial charge in [0.25, 0.3) is 5.22 Å². The summed E-state index contributed by atoms with van der Waals surface area (Å²) in [6.45, 7) is 0. The lowest BCUT2D eigenvalue weighted by atomic mass is 10.3. The number of hydrazine groups is 1. The summed E-state index contributed by atoms with van der Waals surface area (Å²) in [5.41, 5.74) is 3.28. The first-order valence-corrected chi connectivity index (χ1v) is 6.35. The third kappa shape index (κ3) is 2.30. The van der Waals surface area contributed by atoms with Crippen molar-refractivity contribution in [2.75, 3.05) is 5.43 Å². The number of aromatic nitrogens is 2. The van der Waals surface area contributed by atoms with E-state index in [2.05, 4.69) is 15.4 Å². The SMILES string of the molecule is NNc1nc(Sc2nc3ccccc3o2)c(F)cc1F. The van der Waals surface area contributed by atoms with E-state index in [1.807, 2.05) is 6.07 Å². The number of nitrogens with one attached hydrogen (secondary N) is 1. The lowest BCUT2D eigenvalue weighted by Gasteiger charge is -2.04. The van der Waals surface area contributed by atoms with E-state index in [-0.39, 0.29) is 16.1 Å². The first-order valence-electron chi connectivity index (χ1n) is 5.53. The first-order chi connectivity index (χ1) is 9.67. The van der Waals surface area contributed by atoms with Crippen molar-refractivity contribution in [2.45, 2.75) is 10.2 Å². The number of benzene rings is 1. The van der Waals surface area contributed by atoms with Gasteiger partial charge in [0.1, 0.15) is 10.5 Å². The van der Waals surface area contributed by atoms with Gasteiger partial charge in [-0.25, -0.2) is 24.6 Å². The highest BCUT2D eigenvalue weighted by Crippen LogP contribution is 2.31. The highest BCUT2D eigenvalue weighted by Gasteiger charge is 2.15. The van der Waals surface area contributed by atoms with E-state index < -0.39 is 11.6 Å². The summed E-state index contributed by atoms with van der Waals surface area (Å²) >= 11 is 0.852. The van der Waals surface area contributed by atoms with Crippen molar-refractivity contribution in [1.29, 1.82) is 0 Å². The van der Waals surface area contributed by atoms with E-state index in [1.165, 1.54) is 0 Å². The van der Waals surface area contributed by atoms with Crippen LogP contribution in [0.5, 0.6) is 0 Å². The molecule has 2 heterocycles. The van der Waals surface area contributed by atoms with Gasteiger partial charge in [0.15, 0.2) is 23.0 Å². The molecule has 0 aliphatic heterocycles. The number of pyridine rings is 1. The molecule has 8 heteroatoms. The summed E-state index contributed by atoms with van der Waals surface area (Å²) in [4.78, 5) is 7.90. The number of halogens is 2. The van der Waals surface area contributed by atoms with Crippen LogP contribution in [0.2, 0.25) is 0 Å². The minimum Gasteiger partial charge on any atom is -0.431 e. The maximum Gasteiger partial charge on any atom is 0.263 e. The summed E-state index contributed by atoms with van der Waals surface area (Å²) in [6.07, 6.45) is 0. The number of nitrogens with two attached hydrogens (primary N) is 1. The Morgan fingerprint density at radius 2 is 1.95 bits per heavy atom. The molecule has 2 aromatic heterocycles. The minimum atomic E-state index is -0.869. The second kappa shape index (κ2) is 5.06. The molecule has 0 bridgehead atoms. The third-order valence-electron chi connectivity index (χ3n) is 2.49. The van der Waals surface area contributed by atoms with Crippen LogP contribution in [-0.2, 0) is 0 Å². The van der Waals surface area contributed by atoms with E-state index >= 15 is 0 Å². The van der Waals surface area contributed by atoms with Gasteiger partial charge in [-0.3, -0.25) is 0 Å². The Balaban J connectivity index is 1.98. The van der Waals surface area contributed by atoms with Gasteiger partial charge in [-0.1, -0.05) is 12.1 Å². The van der Waals surface area contributed by atoms with Crippen LogP contribution in [0.25, 0.3) is 11.1 Å². The number of para-hydroxylation sites is 2. The standard InChI is InChI=1S/C12H8F2N4OS/c13-6-5-7(14)11(17-10(6)18-15)20-12-16-8-3-1-2-4-9(8)19-12/h1-5H,15H2,(H,17,18). The molecule has 0 unspecified atom stereocenters. The van der Waals surface area contributed by atoms with Crippen molar-refractivity contribution in [3.05, 3.63) is 42.0 Å². The van der Waals surface area contributed by atoms with Gasteiger partial charge < -0.3 is 9.84 Å². The van der Waals surface area contributed by atoms with Crippen LogP contribution in [0.3, 0.4) is 0 Å². The first kappa shape index (κ1) is 12.8. The topological polar surface area (TPSA) is 77.0 Å². The second-order valence-electron chi connectivity index (χ2n) is 3.80. The van der Waals surface area contributed by atoms with Gasteiger partial charge in [0.05, 0.1) is 0 Å². The molecule has 0 saturated heterocycles. The number of nitrogen functional groups attached to an aromatic ring is 1. The van der Waals surface area contributed by atoms with Crippen molar-refractivity contribution < 1.29 is 13.2 Å². The quantitative estimate of drug-likeness (QED) is 0.571. The van der Waals surface area contributed by atoms with Crippen molar-refractivity contribution >= 4 is 28.7 Å². The molecular weight excluding hydrogens is 286 g/mol. The zero-order valence-corrected chi connectivity index (χ0v) is 10.7. The third-order valence-corrected chi connectivity index (χ3v) is 3.32. The molecule has 1 aromatic carbocycles. The fraction of sp³-hybridized carbons (Fsp3) is 0. The molecular formula is C12H8F2N4OS. The second-order valence-corrected chi connectivity index (χ2v) is 4.74. The fourth-order valence-corrected chi connectivity index (χ4v) is 2.33. The Kier molecular flexibility index (Phi) is 3.25. The Morgan fingerprint density at radius 3 is 2.70 bits per heavy atom. The Hall–Kier alpha value is -2.19. The number of hydrogen-bond acceptors (Lipinski definition) is 6. The molecule has 3 N–H and O–H groups in total. The van der Waals surface area contributed by atoms with Crippen LogP contribution in [-0.4, -0.2) is 9.97 Å². The molecule has 20 heavy (non-hydrogen) atoms. The molecule has 3 aromatic rings. The Bertz CT molecular complexity index is 744. The normalized spacial score (nSPS) is 10.9. The molecule has 0 atom stereocenters. The molecule has 102 valence electrons. The minimum absolute atomic E-state index is 0.0779. The summed E-state index contributed by atoms with van der Waals surface area (Å²) < 4.78 is 32.3. The van der Waals surface area contributed by atoms with Crippen LogP contribution in [0.15, 0.2) is 45.0 Å². The highest BCUT2D eigenvalue weighted by atomic mass is 32.2. The highest BCUT2D eigenvalue weighted by molar-refractivity contribution is 7.99. The molecule has 0 saturated carbocycles. The fourth-order valence-electron chi connectivity index (χ4n) is 1.60. The van der Waals surface area contributed by atoms with E-state index in [0.717, 1.165) is 11.8 Å². The molecule has 5 nitrogen and oxygen atoms in total. The molecule has 0 aliphatic carbocycles. The Morgan fingerprint density at radius 1 is 1.15 bits per heavy atom. The monoisotopic (exact) mass is 294 g/mol. The number of fused-ring (bicyclic) bond motifs is 1. The molecule has 0 radical (unpaired) electrons. The summed E-state index contributed by atoms with van der Waals surface area (Å²) in [6, 6.07) is 7.83. The van der Waals surface area contributed by atoms with Crippen molar-refractivity contribution in [3.8, 4) is 0 Å². The maximum absolute atomic E-state index is 13.6. The number of hydrogen-bond donors (Lipinski definition) is 2. The zero-order chi connectivity index (χ0) is 14.1. The van der Waals surface area contributed by atoms with E-state index in [9.17, 15) is 8.78 Å². The molecule has 0 aliphatic rings. The molecule has 0 amide bonds. The number of nitrogens with zero attached hydrogens (tertiary/aromatic N) is 2. The maximum atomic E-state index is 13.6. The largest absolute Gasteiger partial charge is 0.431 e. The van der Waals surface area contributed by atoms with E-state index in [1.54, 1.807) is 18.2 Å². The van der Waals surface area contributed by atoms with Gasteiger partial charge in [-0.2, -0.15) is 0 Å². The van der Waals surface area contributed by atoms with Crippen LogP contribution in [0.1, 0.15) is 0 Å². The lowest BCUT2D eigenvalue weighted by Crippen LogP contribution is -2.11. The average Bonchev–Trinajstić information content (AvgIpc) is 2.84. The summed E-state index contributed by atoms with van der Waals surface area (Å²) in [5, 5.41) is 0.137. The zero-order valence-electron chi connectivity index (χ0n) is 9.93. The van der Waals surface area contributed by atoms with Crippen molar-refractivity contribution in [2.24, 2.45) is 5.84 Å². The average molecular weight is 294 g/mol. The van der Waals surface area contributed by atoms with Crippen LogP contribution < -0.4 is 11.3 Å². The Labute approximate surface area is 116 Å². The predicted molar refractivity (Wildman–Crippen MR) is 70.1 cm³/mol. The molecule has 3 rings (SSSR count). The van der Waals surface area contributed by atoms with Crippen LogP contribution in [0.4, 0.5) is 14.6 Å². The van der Waals surface area contributed by atoms with E-state index in [0.29, 0.717) is 17.2 Å². The number of oxazole rings is 1. The van der Waals surface area contributed by atoms with Gasteiger partial charge in [0, 0.05) is 6.07 Å². The van der Waals surface area contributed by atoms with Crippen LogP contribution >= 0.6 is 11.8 Å². The van der Waals surface area contributed by atoms with Crippen LogP contribution in [0, 0.1) is 11.6 Å². The van der Waals surface area contributed by atoms with Gasteiger partial charge >= 0.3 is 0 Å². The van der Waals surface area contributed by atoms with Gasteiger partial charge in [-0.15, -0.1) is 0 Å². The van der Waals surface area contributed by atoms with E-state index in [4.69, 9.17) is 10.3 Å². The van der Waals surface area contributed by atoms with Crippen molar-refractivity contribution in [3.63, 3.8) is 0 Å². The van der Waals surface area contributed by atoms with Gasteiger partial charge in [-0.05, 0) is 23.9 Å².